The van der Waals surface area contributed by atoms with Crippen LogP contribution in [0.1, 0.15) is 18.2 Å². The highest BCUT2D eigenvalue weighted by atomic mass is 32.2. The van der Waals surface area contributed by atoms with E-state index in [2.05, 4.69) is 15.3 Å². The molecule has 1 aliphatic rings. The first-order chi connectivity index (χ1) is 11.5. The van der Waals surface area contributed by atoms with E-state index in [1.807, 2.05) is 0 Å². The standard InChI is InChI=1S/C15H17N5O3S/c1-10-6-14(23)20-11(8-24-15(20)18-10)7-12(21)17-4-5-19-9-16-3-2-13(19)22/h2-3,6,9,11H,4-5,7-8H2,1H3,(H,17,21). The summed E-state index contributed by atoms with van der Waals surface area (Å²) in [6, 6.07) is 2.66. The first-order valence-corrected chi connectivity index (χ1v) is 8.53. The Hall–Kier alpha value is -2.42. The summed E-state index contributed by atoms with van der Waals surface area (Å²) in [5.41, 5.74) is 0.404. The Kier molecular flexibility index (Phi) is 4.79. The van der Waals surface area contributed by atoms with Gasteiger partial charge in [-0.25, -0.2) is 9.97 Å². The molecule has 0 spiro atoms. The maximum atomic E-state index is 12.1. The Morgan fingerprint density at radius 2 is 2.25 bits per heavy atom. The van der Waals surface area contributed by atoms with Crippen LogP contribution in [0.5, 0.6) is 0 Å². The molecule has 1 unspecified atom stereocenters. The van der Waals surface area contributed by atoms with Gasteiger partial charge in [0.05, 0.1) is 12.4 Å². The Labute approximate surface area is 141 Å². The fourth-order valence-corrected chi connectivity index (χ4v) is 3.76. The molecule has 1 amide bonds. The van der Waals surface area contributed by atoms with E-state index in [0.29, 0.717) is 29.7 Å². The third-order valence-electron chi connectivity index (χ3n) is 3.71. The number of hydrogen-bond acceptors (Lipinski definition) is 6. The number of amides is 1. The summed E-state index contributed by atoms with van der Waals surface area (Å²) in [5.74, 6) is 0.499. The number of hydrogen-bond donors (Lipinski definition) is 1. The van der Waals surface area contributed by atoms with Gasteiger partial charge in [-0.15, -0.1) is 0 Å². The highest BCUT2D eigenvalue weighted by Gasteiger charge is 2.27. The normalized spacial score (nSPS) is 16.0. The van der Waals surface area contributed by atoms with Crippen LogP contribution in [0.15, 0.2) is 39.4 Å². The van der Waals surface area contributed by atoms with Crippen LogP contribution in [-0.4, -0.2) is 37.3 Å². The van der Waals surface area contributed by atoms with Crippen molar-refractivity contribution in [3.8, 4) is 0 Å². The summed E-state index contributed by atoms with van der Waals surface area (Å²) in [5, 5.41) is 3.44. The highest BCUT2D eigenvalue weighted by Crippen LogP contribution is 2.31. The number of aryl methyl sites for hydroxylation is 1. The molecular formula is C15H17N5O3S. The number of thioether (sulfide) groups is 1. The minimum absolute atomic E-state index is 0.123. The van der Waals surface area contributed by atoms with Crippen molar-refractivity contribution in [2.75, 3.05) is 12.3 Å². The SMILES string of the molecule is Cc1cc(=O)n2c(n1)SCC2CC(=O)NCCn1cnccc1=O. The average molecular weight is 347 g/mol. The maximum absolute atomic E-state index is 12.1. The zero-order valence-corrected chi connectivity index (χ0v) is 14.0. The Morgan fingerprint density at radius 1 is 1.42 bits per heavy atom. The molecule has 0 aromatic carbocycles. The van der Waals surface area contributed by atoms with Gasteiger partial charge in [-0.3, -0.25) is 23.5 Å². The zero-order valence-electron chi connectivity index (χ0n) is 13.1. The summed E-state index contributed by atoms with van der Waals surface area (Å²) in [6.45, 7) is 2.47. The fourth-order valence-electron chi connectivity index (χ4n) is 2.56. The van der Waals surface area contributed by atoms with Crippen molar-refractivity contribution in [2.45, 2.75) is 31.1 Å². The van der Waals surface area contributed by atoms with E-state index in [0.717, 1.165) is 0 Å². The van der Waals surface area contributed by atoms with Crippen LogP contribution >= 0.6 is 11.8 Å². The average Bonchev–Trinajstić information content (AvgIpc) is 2.92. The van der Waals surface area contributed by atoms with Crippen molar-refractivity contribution in [1.29, 1.82) is 0 Å². The van der Waals surface area contributed by atoms with Crippen LogP contribution in [-0.2, 0) is 11.3 Å². The van der Waals surface area contributed by atoms with Crippen molar-refractivity contribution in [2.24, 2.45) is 0 Å². The Bertz CT molecular complexity index is 876. The van der Waals surface area contributed by atoms with Gasteiger partial charge in [0.2, 0.25) is 5.91 Å². The number of carbonyl (C=O) groups is 1. The largest absolute Gasteiger partial charge is 0.354 e. The van der Waals surface area contributed by atoms with Gasteiger partial charge in [0, 0.05) is 49.3 Å². The minimum Gasteiger partial charge on any atom is -0.354 e. The van der Waals surface area contributed by atoms with Gasteiger partial charge in [-0.2, -0.15) is 0 Å². The summed E-state index contributed by atoms with van der Waals surface area (Å²) >= 11 is 1.49. The lowest BCUT2D eigenvalue weighted by atomic mass is 10.2. The quantitative estimate of drug-likeness (QED) is 0.762. The third kappa shape index (κ3) is 3.56. The molecule has 0 radical (unpaired) electrons. The lowest BCUT2D eigenvalue weighted by Gasteiger charge is -2.13. The molecule has 2 aromatic rings. The molecule has 2 aromatic heterocycles. The zero-order chi connectivity index (χ0) is 17.1. The molecule has 0 bridgehead atoms. The van der Waals surface area contributed by atoms with Crippen LogP contribution < -0.4 is 16.4 Å². The second-order valence-electron chi connectivity index (χ2n) is 5.52. The Balaban J connectivity index is 1.57. The predicted octanol–water partition coefficient (Wildman–Crippen LogP) is -0.0383. The number of rotatable bonds is 5. The maximum Gasteiger partial charge on any atom is 0.254 e. The molecule has 8 nitrogen and oxygen atoms in total. The molecule has 0 saturated heterocycles. The summed E-state index contributed by atoms with van der Waals surface area (Å²) in [4.78, 5) is 43.9. The number of carbonyl (C=O) groups excluding carboxylic acids is 1. The van der Waals surface area contributed by atoms with E-state index >= 15 is 0 Å². The molecule has 0 aliphatic carbocycles. The van der Waals surface area contributed by atoms with Gasteiger partial charge in [0.15, 0.2) is 5.16 Å². The molecular weight excluding hydrogens is 330 g/mol. The van der Waals surface area contributed by atoms with E-state index < -0.39 is 0 Å². The van der Waals surface area contributed by atoms with E-state index in [4.69, 9.17) is 0 Å². The van der Waals surface area contributed by atoms with E-state index in [1.54, 1.807) is 11.5 Å². The smallest absolute Gasteiger partial charge is 0.254 e. The van der Waals surface area contributed by atoms with Crippen molar-refractivity contribution in [1.82, 2.24) is 24.4 Å². The lowest BCUT2D eigenvalue weighted by Crippen LogP contribution is -2.33. The van der Waals surface area contributed by atoms with Gasteiger partial charge in [0.25, 0.3) is 11.1 Å². The molecule has 3 rings (SSSR count). The first-order valence-electron chi connectivity index (χ1n) is 7.55. The molecule has 126 valence electrons. The third-order valence-corrected chi connectivity index (χ3v) is 4.80. The van der Waals surface area contributed by atoms with Crippen molar-refractivity contribution < 1.29 is 4.79 Å². The van der Waals surface area contributed by atoms with Crippen LogP contribution in [0.4, 0.5) is 0 Å². The monoisotopic (exact) mass is 347 g/mol. The topological polar surface area (TPSA) is 98.9 Å². The van der Waals surface area contributed by atoms with Crippen LogP contribution in [0, 0.1) is 6.92 Å². The molecule has 1 atom stereocenters. The number of nitrogens with zero attached hydrogens (tertiary/aromatic N) is 4. The Morgan fingerprint density at radius 3 is 3.04 bits per heavy atom. The van der Waals surface area contributed by atoms with Gasteiger partial charge in [0.1, 0.15) is 0 Å². The molecule has 1 aliphatic heterocycles. The number of fused-ring (bicyclic) bond motifs is 1. The van der Waals surface area contributed by atoms with E-state index in [1.165, 1.54) is 41.0 Å². The first kappa shape index (κ1) is 16.4. The lowest BCUT2D eigenvalue weighted by molar-refractivity contribution is -0.121. The van der Waals surface area contributed by atoms with E-state index in [9.17, 15) is 14.4 Å². The van der Waals surface area contributed by atoms with Gasteiger partial charge in [-0.05, 0) is 6.92 Å². The van der Waals surface area contributed by atoms with Gasteiger partial charge >= 0.3 is 0 Å². The summed E-state index contributed by atoms with van der Waals surface area (Å²) in [6.07, 6.45) is 3.08. The summed E-state index contributed by atoms with van der Waals surface area (Å²) < 4.78 is 3.01. The second kappa shape index (κ2) is 7.00. The summed E-state index contributed by atoms with van der Waals surface area (Å²) in [7, 11) is 0. The van der Waals surface area contributed by atoms with Crippen molar-refractivity contribution in [3.63, 3.8) is 0 Å². The van der Waals surface area contributed by atoms with Crippen LogP contribution in [0.3, 0.4) is 0 Å². The van der Waals surface area contributed by atoms with Crippen LogP contribution in [0.25, 0.3) is 0 Å². The molecule has 0 saturated carbocycles. The number of nitrogens with one attached hydrogen (secondary N) is 1. The number of aromatic nitrogens is 4. The van der Waals surface area contributed by atoms with Crippen molar-refractivity contribution in [3.05, 3.63) is 51.1 Å². The van der Waals surface area contributed by atoms with Crippen molar-refractivity contribution >= 4 is 17.7 Å². The minimum atomic E-state index is -0.188. The van der Waals surface area contributed by atoms with E-state index in [-0.39, 0.29) is 29.5 Å². The highest BCUT2D eigenvalue weighted by molar-refractivity contribution is 7.99. The van der Waals surface area contributed by atoms with Gasteiger partial charge in [-0.1, -0.05) is 11.8 Å². The second-order valence-corrected chi connectivity index (χ2v) is 6.51. The molecule has 0 fully saturated rings. The molecule has 3 heterocycles. The van der Waals surface area contributed by atoms with Crippen LogP contribution in [0.2, 0.25) is 0 Å². The molecule has 9 heteroatoms. The molecule has 24 heavy (non-hydrogen) atoms. The predicted molar refractivity (Wildman–Crippen MR) is 89.1 cm³/mol. The fraction of sp³-hybridized carbons (Fsp3) is 0.400. The molecule has 1 N–H and O–H groups in total. The van der Waals surface area contributed by atoms with Gasteiger partial charge < -0.3 is 5.32 Å².